The van der Waals surface area contributed by atoms with Crippen LogP contribution >= 0.6 is 0 Å². The minimum Gasteiger partial charge on any atom is -0.387 e. The molecule has 0 saturated carbocycles. The summed E-state index contributed by atoms with van der Waals surface area (Å²) in [6.07, 6.45) is 0. The Balaban J connectivity index is 3.27. The lowest BCUT2D eigenvalue weighted by atomic mass is 10.1. The van der Waals surface area contributed by atoms with E-state index in [2.05, 4.69) is 5.32 Å². The van der Waals surface area contributed by atoms with Crippen molar-refractivity contribution in [1.29, 1.82) is 5.41 Å². The second-order valence-corrected chi connectivity index (χ2v) is 2.55. The standard InChI is InChI=1S/C8H8FN3O2/c1-11-7-3-2-5(12(13)14)4-6(7)8(9)10/h2-4,10-11H,1H3. The van der Waals surface area contributed by atoms with E-state index in [1.807, 2.05) is 0 Å². The van der Waals surface area contributed by atoms with Crippen molar-refractivity contribution < 1.29 is 9.31 Å². The molecule has 0 radical (unpaired) electrons. The number of hydrogen-bond acceptors (Lipinski definition) is 4. The number of rotatable bonds is 3. The van der Waals surface area contributed by atoms with E-state index < -0.39 is 10.9 Å². The van der Waals surface area contributed by atoms with Crippen LogP contribution in [0.15, 0.2) is 18.2 Å². The molecule has 0 saturated heterocycles. The van der Waals surface area contributed by atoms with Gasteiger partial charge in [0.1, 0.15) is 0 Å². The van der Waals surface area contributed by atoms with Crippen molar-refractivity contribution in [1.82, 2.24) is 0 Å². The minimum atomic E-state index is -1.20. The minimum absolute atomic E-state index is 0.110. The Bertz CT molecular complexity index is 392. The van der Waals surface area contributed by atoms with E-state index in [0.29, 0.717) is 5.69 Å². The quantitative estimate of drug-likeness (QED) is 0.441. The van der Waals surface area contributed by atoms with Crippen LogP contribution < -0.4 is 5.32 Å². The van der Waals surface area contributed by atoms with Gasteiger partial charge in [0.2, 0.25) is 5.97 Å². The zero-order valence-electron chi connectivity index (χ0n) is 7.37. The fraction of sp³-hybridized carbons (Fsp3) is 0.125. The number of nitro groups is 1. The molecule has 0 aliphatic heterocycles. The van der Waals surface area contributed by atoms with Crippen LogP contribution in [-0.2, 0) is 0 Å². The third-order valence-corrected chi connectivity index (χ3v) is 1.72. The zero-order chi connectivity index (χ0) is 10.7. The van der Waals surface area contributed by atoms with Crippen molar-refractivity contribution in [2.24, 2.45) is 0 Å². The Morgan fingerprint density at radius 2 is 2.29 bits per heavy atom. The monoisotopic (exact) mass is 197 g/mol. The first-order chi connectivity index (χ1) is 6.56. The molecule has 74 valence electrons. The van der Waals surface area contributed by atoms with Crippen LogP contribution in [0.3, 0.4) is 0 Å². The first-order valence-corrected chi connectivity index (χ1v) is 3.77. The molecule has 1 aromatic rings. The van der Waals surface area contributed by atoms with Crippen molar-refractivity contribution in [2.75, 3.05) is 12.4 Å². The summed E-state index contributed by atoms with van der Waals surface area (Å²) in [6, 6.07) is 3.63. The van der Waals surface area contributed by atoms with Gasteiger partial charge < -0.3 is 5.32 Å². The number of non-ortho nitro benzene ring substituents is 1. The van der Waals surface area contributed by atoms with Gasteiger partial charge in [-0.2, -0.15) is 4.39 Å². The maximum Gasteiger partial charge on any atom is 0.270 e. The lowest BCUT2D eigenvalue weighted by Crippen LogP contribution is -2.00. The Morgan fingerprint density at radius 1 is 1.64 bits per heavy atom. The van der Waals surface area contributed by atoms with E-state index in [4.69, 9.17) is 5.41 Å². The molecule has 14 heavy (non-hydrogen) atoms. The van der Waals surface area contributed by atoms with Gasteiger partial charge in [-0.1, -0.05) is 0 Å². The second kappa shape index (κ2) is 3.82. The van der Waals surface area contributed by atoms with Crippen molar-refractivity contribution >= 4 is 17.3 Å². The average Bonchev–Trinajstić information content (AvgIpc) is 2.16. The van der Waals surface area contributed by atoms with Crippen LogP contribution in [0.2, 0.25) is 0 Å². The van der Waals surface area contributed by atoms with Crippen LogP contribution in [0.5, 0.6) is 0 Å². The maximum absolute atomic E-state index is 12.6. The van der Waals surface area contributed by atoms with E-state index in [9.17, 15) is 14.5 Å². The molecule has 0 atom stereocenters. The summed E-state index contributed by atoms with van der Waals surface area (Å²) in [5.74, 6) is -1.20. The fourth-order valence-electron chi connectivity index (χ4n) is 1.05. The zero-order valence-corrected chi connectivity index (χ0v) is 7.37. The van der Waals surface area contributed by atoms with Gasteiger partial charge in [-0.25, -0.2) is 0 Å². The smallest absolute Gasteiger partial charge is 0.270 e. The molecule has 1 aromatic carbocycles. The number of anilines is 1. The highest BCUT2D eigenvalue weighted by Gasteiger charge is 2.12. The molecule has 0 fully saturated rings. The van der Waals surface area contributed by atoms with Crippen molar-refractivity contribution in [3.63, 3.8) is 0 Å². The molecule has 0 heterocycles. The Hall–Kier alpha value is -1.98. The molecule has 2 N–H and O–H groups in total. The van der Waals surface area contributed by atoms with Gasteiger partial charge in [-0.05, 0) is 6.07 Å². The molecule has 0 aromatic heterocycles. The second-order valence-electron chi connectivity index (χ2n) is 2.55. The molecule has 5 nitrogen and oxygen atoms in total. The van der Waals surface area contributed by atoms with Crippen LogP contribution in [0.4, 0.5) is 15.8 Å². The number of hydrogen-bond donors (Lipinski definition) is 2. The fourth-order valence-corrected chi connectivity index (χ4v) is 1.05. The summed E-state index contributed by atoms with van der Waals surface area (Å²) < 4.78 is 12.6. The van der Waals surface area contributed by atoms with Crippen LogP contribution in [0.1, 0.15) is 5.56 Å². The molecular weight excluding hydrogens is 189 g/mol. The molecule has 1 rings (SSSR count). The Morgan fingerprint density at radius 3 is 2.71 bits per heavy atom. The SMILES string of the molecule is CNc1ccc([N+](=O)[O-])cc1C(=N)F. The molecule has 0 bridgehead atoms. The maximum atomic E-state index is 12.6. The Kier molecular flexibility index (Phi) is 2.76. The number of nitrogens with zero attached hydrogens (tertiary/aromatic N) is 1. The third-order valence-electron chi connectivity index (χ3n) is 1.72. The topological polar surface area (TPSA) is 79.0 Å². The summed E-state index contributed by atoms with van der Waals surface area (Å²) >= 11 is 0. The van der Waals surface area contributed by atoms with Gasteiger partial charge in [0.25, 0.3) is 5.69 Å². The Labute approximate surface area is 79.2 Å². The number of nitro benzene ring substituents is 1. The van der Waals surface area contributed by atoms with Gasteiger partial charge in [-0.3, -0.25) is 15.5 Å². The first-order valence-electron chi connectivity index (χ1n) is 3.77. The van der Waals surface area contributed by atoms with E-state index in [-0.39, 0.29) is 11.3 Å². The van der Waals surface area contributed by atoms with Crippen molar-refractivity contribution in [2.45, 2.75) is 0 Å². The summed E-state index contributed by atoms with van der Waals surface area (Å²) in [6.45, 7) is 0. The number of benzene rings is 1. The highest BCUT2D eigenvalue weighted by Crippen LogP contribution is 2.22. The predicted octanol–water partition coefficient (Wildman–Crippen LogP) is 1.93. The molecule has 0 unspecified atom stereocenters. The van der Waals surface area contributed by atoms with E-state index in [1.165, 1.54) is 12.1 Å². The molecule has 6 heteroatoms. The third kappa shape index (κ3) is 1.85. The number of halogens is 1. The summed E-state index contributed by atoms with van der Waals surface area (Å²) in [7, 11) is 1.55. The number of nitrogens with one attached hydrogen (secondary N) is 2. The highest BCUT2D eigenvalue weighted by atomic mass is 19.1. The van der Waals surface area contributed by atoms with Gasteiger partial charge in [-0.15, -0.1) is 0 Å². The van der Waals surface area contributed by atoms with Crippen LogP contribution in [0.25, 0.3) is 0 Å². The van der Waals surface area contributed by atoms with E-state index >= 15 is 0 Å². The summed E-state index contributed by atoms with van der Waals surface area (Å²) in [5, 5.41) is 19.8. The first kappa shape index (κ1) is 10.1. The molecule has 0 aliphatic rings. The van der Waals surface area contributed by atoms with E-state index in [0.717, 1.165) is 6.07 Å². The predicted molar refractivity (Wildman–Crippen MR) is 50.6 cm³/mol. The van der Waals surface area contributed by atoms with Gasteiger partial charge >= 0.3 is 0 Å². The van der Waals surface area contributed by atoms with E-state index in [1.54, 1.807) is 7.05 Å². The molecule has 0 amide bonds. The molecule has 0 spiro atoms. The largest absolute Gasteiger partial charge is 0.387 e. The van der Waals surface area contributed by atoms with Gasteiger partial charge in [0, 0.05) is 24.9 Å². The van der Waals surface area contributed by atoms with Gasteiger partial charge in [0.05, 0.1) is 10.5 Å². The van der Waals surface area contributed by atoms with Crippen LogP contribution in [0, 0.1) is 15.5 Å². The normalized spacial score (nSPS) is 9.57. The lowest BCUT2D eigenvalue weighted by molar-refractivity contribution is -0.384. The lowest BCUT2D eigenvalue weighted by Gasteiger charge is -2.04. The summed E-state index contributed by atoms with van der Waals surface area (Å²) in [4.78, 5) is 9.73. The van der Waals surface area contributed by atoms with Crippen molar-refractivity contribution in [3.05, 3.63) is 33.9 Å². The van der Waals surface area contributed by atoms with Crippen molar-refractivity contribution in [3.8, 4) is 0 Å². The molecule has 0 aliphatic carbocycles. The molecular formula is C8H8FN3O2. The van der Waals surface area contributed by atoms with Crippen LogP contribution in [-0.4, -0.2) is 17.9 Å². The highest BCUT2D eigenvalue weighted by molar-refractivity contribution is 5.97. The summed E-state index contributed by atoms with van der Waals surface area (Å²) in [5.41, 5.74) is 0.00574. The van der Waals surface area contributed by atoms with Gasteiger partial charge in [0.15, 0.2) is 0 Å². The average molecular weight is 197 g/mol.